The highest BCUT2D eigenvalue weighted by atomic mass is 32.2. The van der Waals surface area contributed by atoms with Gasteiger partial charge < -0.3 is 14.4 Å². The molecule has 0 aliphatic carbocycles. The van der Waals surface area contributed by atoms with Crippen LogP contribution in [0.2, 0.25) is 0 Å². The lowest BCUT2D eigenvalue weighted by molar-refractivity contribution is 0.0483. The molecule has 1 amide bonds. The molecule has 1 atom stereocenters. The third kappa shape index (κ3) is 3.63. The van der Waals surface area contributed by atoms with Crippen molar-refractivity contribution in [2.75, 3.05) is 39.9 Å². The van der Waals surface area contributed by atoms with Gasteiger partial charge in [0.25, 0.3) is 5.91 Å². The van der Waals surface area contributed by atoms with Gasteiger partial charge in [-0.2, -0.15) is 9.40 Å². The number of nitrogens with zero attached hydrogens (tertiary/aromatic N) is 4. The SMILES string of the molecule is COCCN1CC2(CCN(C(=O)c3ccn(C)n3)C2)Oc2ccccc2S1(=O)=O. The van der Waals surface area contributed by atoms with Gasteiger partial charge in [-0.05, 0) is 18.2 Å². The lowest BCUT2D eigenvalue weighted by Crippen LogP contribution is -2.50. The van der Waals surface area contributed by atoms with Gasteiger partial charge in [0.05, 0.1) is 19.7 Å². The minimum atomic E-state index is -3.73. The summed E-state index contributed by atoms with van der Waals surface area (Å²) in [6.07, 6.45) is 2.25. The molecule has 1 unspecified atom stereocenters. The van der Waals surface area contributed by atoms with E-state index in [1.807, 2.05) is 0 Å². The number of methoxy groups -OCH3 is 1. The normalized spacial score (nSPS) is 23.6. The van der Waals surface area contributed by atoms with Crippen molar-refractivity contribution in [3.8, 4) is 5.75 Å². The van der Waals surface area contributed by atoms with Crippen molar-refractivity contribution in [1.29, 1.82) is 0 Å². The number of hydrogen-bond acceptors (Lipinski definition) is 6. The van der Waals surface area contributed by atoms with Gasteiger partial charge >= 0.3 is 0 Å². The van der Waals surface area contributed by atoms with Crippen molar-refractivity contribution < 1.29 is 22.7 Å². The lowest BCUT2D eigenvalue weighted by atomic mass is 10.0. The van der Waals surface area contributed by atoms with E-state index in [-0.39, 0.29) is 37.0 Å². The fourth-order valence-electron chi connectivity index (χ4n) is 3.87. The van der Waals surface area contributed by atoms with Crippen LogP contribution in [0.4, 0.5) is 0 Å². The number of fused-ring (bicyclic) bond motifs is 1. The smallest absolute Gasteiger partial charge is 0.274 e. The molecule has 1 saturated heterocycles. The van der Waals surface area contributed by atoms with Gasteiger partial charge in [-0.25, -0.2) is 8.42 Å². The third-order valence-electron chi connectivity index (χ3n) is 5.34. The van der Waals surface area contributed by atoms with E-state index in [1.165, 1.54) is 11.4 Å². The van der Waals surface area contributed by atoms with Gasteiger partial charge in [0.2, 0.25) is 10.0 Å². The summed E-state index contributed by atoms with van der Waals surface area (Å²) < 4.78 is 40.8. The monoisotopic (exact) mass is 420 g/mol. The zero-order chi connectivity index (χ0) is 20.6. The van der Waals surface area contributed by atoms with E-state index in [0.717, 1.165) is 0 Å². The van der Waals surface area contributed by atoms with Crippen LogP contribution >= 0.6 is 0 Å². The van der Waals surface area contributed by atoms with E-state index in [1.54, 1.807) is 53.2 Å². The predicted molar refractivity (Wildman–Crippen MR) is 104 cm³/mol. The molecule has 2 aliphatic rings. The highest BCUT2D eigenvalue weighted by Crippen LogP contribution is 2.38. The number of carbonyl (C=O) groups excluding carboxylic acids is 1. The number of rotatable bonds is 4. The third-order valence-corrected chi connectivity index (χ3v) is 7.22. The largest absolute Gasteiger partial charge is 0.483 e. The summed E-state index contributed by atoms with van der Waals surface area (Å²) in [5, 5.41) is 4.18. The molecule has 1 spiro atoms. The molecule has 3 heterocycles. The maximum atomic E-state index is 13.2. The molecule has 10 heteroatoms. The fraction of sp³-hybridized carbons (Fsp3) is 0.474. The molecule has 1 fully saturated rings. The molecule has 0 N–H and O–H groups in total. The van der Waals surface area contributed by atoms with Gasteiger partial charge in [0, 0.05) is 39.9 Å². The van der Waals surface area contributed by atoms with E-state index in [9.17, 15) is 13.2 Å². The summed E-state index contributed by atoms with van der Waals surface area (Å²) in [6, 6.07) is 8.31. The zero-order valence-corrected chi connectivity index (χ0v) is 17.3. The van der Waals surface area contributed by atoms with E-state index < -0.39 is 15.6 Å². The van der Waals surface area contributed by atoms with E-state index in [2.05, 4.69) is 5.10 Å². The van der Waals surface area contributed by atoms with Crippen molar-refractivity contribution in [3.63, 3.8) is 0 Å². The van der Waals surface area contributed by atoms with Crippen molar-refractivity contribution in [2.45, 2.75) is 16.9 Å². The Kier molecular flexibility index (Phi) is 5.09. The van der Waals surface area contributed by atoms with Crippen molar-refractivity contribution in [1.82, 2.24) is 19.0 Å². The van der Waals surface area contributed by atoms with Gasteiger partial charge in [0.15, 0.2) is 0 Å². The van der Waals surface area contributed by atoms with Gasteiger partial charge in [-0.1, -0.05) is 12.1 Å². The Hall–Kier alpha value is -2.43. The van der Waals surface area contributed by atoms with Crippen LogP contribution < -0.4 is 4.74 Å². The number of benzene rings is 1. The minimum absolute atomic E-state index is 0.141. The number of aromatic nitrogens is 2. The van der Waals surface area contributed by atoms with Crippen LogP contribution in [0, 0.1) is 0 Å². The summed E-state index contributed by atoms with van der Waals surface area (Å²) in [4.78, 5) is 14.7. The van der Waals surface area contributed by atoms with Crippen LogP contribution in [0.25, 0.3) is 0 Å². The Morgan fingerprint density at radius 3 is 2.79 bits per heavy atom. The molecule has 156 valence electrons. The number of ether oxygens (including phenoxy) is 2. The van der Waals surface area contributed by atoms with Crippen LogP contribution in [-0.2, 0) is 21.8 Å². The second kappa shape index (κ2) is 7.43. The van der Waals surface area contributed by atoms with Crippen LogP contribution in [0.1, 0.15) is 16.9 Å². The first-order valence-electron chi connectivity index (χ1n) is 9.41. The topological polar surface area (TPSA) is 94.0 Å². The first kappa shape index (κ1) is 19.9. The number of sulfonamides is 1. The summed E-state index contributed by atoms with van der Waals surface area (Å²) in [6.45, 7) is 1.39. The Morgan fingerprint density at radius 1 is 1.28 bits per heavy atom. The van der Waals surface area contributed by atoms with E-state index in [4.69, 9.17) is 9.47 Å². The predicted octanol–water partition coefficient (Wildman–Crippen LogP) is 0.734. The molecule has 0 bridgehead atoms. The number of hydrogen-bond donors (Lipinski definition) is 0. The van der Waals surface area contributed by atoms with Crippen LogP contribution in [-0.4, -0.2) is 78.8 Å². The lowest BCUT2D eigenvalue weighted by Gasteiger charge is -2.31. The molecule has 4 rings (SSSR count). The number of carbonyl (C=O) groups is 1. The molecule has 9 nitrogen and oxygen atoms in total. The first-order valence-corrected chi connectivity index (χ1v) is 10.8. The Labute approximate surface area is 169 Å². The van der Waals surface area contributed by atoms with Gasteiger partial charge in [-0.15, -0.1) is 0 Å². The molecule has 0 saturated carbocycles. The minimum Gasteiger partial charge on any atom is -0.483 e. The molecule has 2 aliphatic heterocycles. The zero-order valence-electron chi connectivity index (χ0n) is 16.4. The standard InChI is InChI=1S/C19H24N4O5S/c1-21-9-7-15(20-21)18(24)22-10-8-19(13-22)14-23(11-12-27-2)29(25,26)17-6-4-3-5-16(17)28-19/h3-7,9H,8,10-14H2,1-2H3. The van der Waals surface area contributed by atoms with Crippen molar-refractivity contribution in [3.05, 3.63) is 42.2 Å². The molecule has 0 radical (unpaired) electrons. The summed E-state index contributed by atoms with van der Waals surface area (Å²) in [7, 11) is -0.441. The second-order valence-corrected chi connectivity index (χ2v) is 9.32. The van der Waals surface area contributed by atoms with Crippen LogP contribution in [0.3, 0.4) is 0 Å². The molecule has 1 aromatic heterocycles. The molecule has 29 heavy (non-hydrogen) atoms. The Morgan fingerprint density at radius 2 is 2.07 bits per heavy atom. The number of amides is 1. The summed E-state index contributed by atoms with van der Waals surface area (Å²) >= 11 is 0. The quantitative estimate of drug-likeness (QED) is 0.724. The molecular weight excluding hydrogens is 396 g/mol. The van der Waals surface area contributed by atoms with Gasteiger partial charge in [0.1, 0.15) is 21.9 Å². The number of aryl methyl sites for hydroxylation is 1. The highest BCUT2D eigenvalue weighted by molar-refractivity contribution is 7.89. The van der Waals surface area contributed by atoms with Crippen LogP contribution in [0.5, 0.6) is 5.75 Å². The average Bonchev–Trinajstić information content (AvgIpc) is 3.29. The Bertz CT molecular complexity index is 1020. The Balaban J connectivity index is 1.66. The first-order chi connectivity index (χ1) is 13.8. The number of likely N-dealkylation sites (tertiary alicyclic amines) is 1. The fourth-order valence-corrected chi connectivity index (χ4v) is 5.49. The second-order valence-electron chi connectivity index (χ2n) is 7.41. The van der Waals surface area contributed by atoms with Crippen molar-refractivity contribution in [2.24, 2.45) is 7.05 Å². The van der Waals surface area contributed by atoms with Crippen molar-refractivity contribution >= 4 is 15.9 Å². The molecule has 1 aromatic carbocycles. The van der Waals surface area contributed by atoms with E-state index in [0.29, 0.717) is 24.4 Å². The summed E-state index contributed by atoms with van der Waals surface area (Å²) in [5.74, 6) is 0.134. The summed E-state index contributed by atoms with van der Waals surface area (Å²) in [5.41, 5.74) is -0.458. The molecular formula is C19H24N4O5S. The maximum Gasteiger partial charge on any atom is 0.274 e. The number of para-hydroxylation sites is 1. The maximum absolute atomic E-state index is 13.2. The molecule has 2 aromatic rings. The average molecular weight is 420 g/mol. The highest BCUT2D eigenvalue weighted by Gasteiger charge is 2.48. The van der Waals surface area contributed by atoms with E-state index >= 15 is 0 Å². The van der Waals surface area contributed by atoms with Gasteiger partial charge in [-0.3, -0.25) is 9.48 Å². The van der Waals surface area contributed by atoms with Crippen LogP contribution in [0.15, 0.2) is 41.4 Å².